The fraction of sp³-hybridized carbons (Fsp3) is 0.444. The third-order valence-corrected chi connectivity index (χ3v) is 5.98. The molecule has 8 nitrogen and oxygen atoms in total. The van der Waals surface area contributed by atoms with E-state index < -0.39 is 0 Å². The third-order valence-electron chi connectivity index (χ3n) is 5.17. The van der Waals surface area contributed by atoms with Crippen molar-refractivity contribution in [3.05, 3.63) is 28.8 Å². The highest BCUT2D eigenvalue weighted by Crippen LogP contribution is 2.36. The van der Waals surface area contributed by atoms with E-state index in [1.807, 2.05) is 18.1 Å². The lowest BCUT2D eigenvalue weighted by Gasteiger charge is -2.24. The largest absolute Gasteiger partial charge is 0.383 e. The van der Waals surface area contributed by atoms with Gasteiger partial charge in [-0.05, 0) is 28.8 Å². The Morgan fingerprint density at radius 1 is 1.30 bits per heavy atom. The van der Waals surface area contributed by atoms with Gasteiger partial charge in [0.1, 0.15) is 5.82 Å². The van der Waals surface area contributed by atoms with Gasteiger partial charge in [-0.15, -0.1) is 0 Å². The molecule has 27 heavy (non-hydrogen) atoms. The Morgan fingerprint density at radius 3 is 2.81 bits per heavy atom. The summed E-state index contributed by atoms with van der Waals surface area (Å²) in [5.74, 6) is 0.756. The van der Waals surface area contributed by atoms with Crippen LogP contribution >= 0.6 is 15.9 Å². The lowest BCUT2D eigenvalue weighted by atomic mass is 9.99. The van der Waals surface area contributed by atoms with E-state index in [-0.39, 0.29) is 11.8 Å². The van der Waals surface area contributed by atoms with Crippen molar-refractivity contribution in [2.24, 2.45) is 7.05 Å². The van der Waals surface area contributed by atoms with Crippen LogP contribution in [-0.2, 0) is 11.8 Å². The van der Waals surface area contributed by atoms with Crippen LogP contribution in [0.1, 0.15) is 37.8 Å². The van der Waals surface area contributed by atoms with E-state index in [1.165, 1.54) is 0 Å². The topological polar surface area (TPSA) is 94.3 Å². The van der Waals surface area contributed by atoms with Gasteiger partial charge in [0, 0.05) is 50.3 Å². The highest BCUT2D eigenvalue weighted by molar-refractivity contribution is 9.10. The second kappa shape index (κ2) is 6.95. The molecule has 3 aromatic rings. The summed E-state index contributed by atoms with van der Waals surface area (Å²) < 4.78 is 4.15. The van der Waals surface area contributed by atoms with Crippen LogP contribution in [0.5, 0.6) is 0 Å². The molecule has 0 aliphatic carbocycles. The molecule has 0 spiro atoms. The Balaban J connectivity index is 1.83. The summed E-state index contributed by atoms with van der Waals surface area (Å²) in [6, 6.07) is 0. The van der Waals surface area contributed by atoms with Crippen LogP contribution in [0.3, 0.4) is 0 Å². The number of hydrogen-bond acceptors (Lipinski definition) is 5. The smallest absolute Gasteiger partial charge is 0.219 e. The average Bonchev–Trinajstić information content (AvgIpc) is 3.16. The first-order chi connectivity index (χ1) is 13.0. The maximum atomic E-state index is 11.9. The molecule has 2 N–H and O–H groups in total. The molecular weight excluding hydrogens is 410 g/mol. The van der Waals surface area contributed by atoms with Crippen molar-refractivity contribution in [3.63, 3.8) is 0 Å². The molecule has 4 rings (SSSR count). The average molecular weight is 432 g/mol. The quantitative estimate of drug-likeness (QED) is 0.672. The second-order valence-corrected chi connectivity index (χ2v) is 7.84. The number of carbonyl (C=O) groups excluding carboxylic acids is 1. The molecule has 9 heteroatoms. The fourth-order valence-electron chi connectivity index (χ4n) is 3.70. The molecule has 0 bridgehead atoms. The summed E-state index contributed by atoms with van der Waals surface area (Å²) in [6.07, 6.45) is 8.53. The Morgan fingerprint density at radius 2 is 2.11 bits per heavy atom. The molecule has 1 unspecified atom stereocenters. The molecule has 1 atom stereocenters. The zero-order valence-electron chi connectivity index (χ0n) is 15.4. The van der Waals surface area contributed by atoms with E-state index in [2.05, 4.69) is 26.1 Å². The molecular formula is C18H22BrN7O. The maximum absolute atomic E-state index is 11.9. The minimum Gasteiger partial charge on any atom is -0.383 e. The summed E-state index contributed by atoms with van der Waals surface area (Å²) in [7, 11) is 1.88. The van der Waals surface area contributed by atoms with Crippen LogP contribution in [0.25, 0.3) is 16.8 Å². The molecule has 142 valence electrons. The van der Waals surface area contributed by atoms with Crippen molar-refractivity contribution < 1.29 is 4.79 Å². The number of nitrogens with two attached hydrogens (primary N) is 1. The van der Waals surface area contributed by atoms with Crippen molar-refractivity contribution in [2.45, 2.75) is 32.1 Å². The number of aryl methyl sites for hydroxylation is 1. The summed E-state index contributed by atoms with van der Waals surface area (Å²) in [6.45, 7) is 3.08. The zero-order valence-corrected chi connectivity index (χ0v) is 17.0. The van der Waals surface area contributed by atoms with E-state index >= 15 is 0 Å². The van der Waals surface area contributed by atoms with Crippen molar-refractivity contribution in [3.8, 4) is 11.1 Å². The predicted molar refractivity (Wildman–Crippen MR) is 106 cm³/mol. The Kier molecular flexibility index (Phi) is 4.63. The number of nitrogen functional groups attached to an aromatic ring is 1. The van der Waals surface area contributed by atoms with Gasteiger partial charge in [-0.25, -0.2) is 4.98 Å². The first-order valence-corrected chi connectivity index (χ1v) is 9.82. The van der Waals surface area contributed by atoms with Gasteiger partial charge < -0.3 is 10.6 Å². The van der Waals surface area contributed by atoms with Gasteiger partial charge in [0.05, 0.1) is 22.6 Å². The second-order valence-electron chi connectivity index (χ2n) is 7.05. The van der Waals surface area contributed by atoms with Crippen LogP contribution in [0, 0.1) is 0 Å². The Labute approximate surface area is 165 Å². The van der Waals surface area contributed by atoms with Crippen LogP contribution in [-0.4, -0.2) is 48.3 Å². The van der Waals surface area contributed by atoms with Crippen molar-refractivity contribution in [1.82, 2.24) is 29.3 Å². The summed E-state index contributed by atoms with van der Waals surface area (Å²) in [5.41, 5.74) is 9.79. The predicted octanol–water partition coefficient (Wildman–Crippen LogP) is 2.59. The highest BCUT2D eigenvalue weighted by atomic mass is 79.9. The molecule has 1 aliphatic heterocycles. The van der Waals surface area contributed by atoms with Gasteiger partial charge >= 0.3 is 0 Å². The number of hydrogen-bond donors (Lipinski definition) is 1. The number of anilines is 1. The lowest BCUT2D eigenvalue weighted by Crippen LogP contribution is -2.32. The number of nitrogens with zero attached hydrogens (tertiary/aromatic N) is 6. The van der Waals surface area contributed by atoms with E-state index in [4.69, 9.17) is 10.7 Å². The number of fused-ring (bicyclic) bond motifs is 1. The van der Waals surface area contributed by atoms with Crippen LogP contribution in [0.4, 0.5) is 5.82 Å². The van der Waals surface area contributed by atoms with Gasteiger partial charge in [-0.1, -0.05) is 6.42 Å². The van der Waals surface area contributed by atoms with E-state index in [0.29, 0.717) is 18.0 Å². The number of amides is 1. The van der Waals surface area contributed by atoms with E-state index in [0.717, 1.165) is 47.1 Å². The van der Waals surface area contributed by atoms with E-state index in [1.54, 1.807) is 28.5 Å². The molecule has 1 aliphatic rings. The number of likely N-dealkylation sites (tertiary alicyclic amines) is 1. The standard InChI is InChI=1S/C18H22BrN7O/c1-11(27)25-6-4-3-5-12(10-25)16-15(19)17(20)26-18(23-16)14(8-22-26)13-7-21-24(2)9-13/h7-9,12H,3-6,10,20H2,1-2H3. The van der Waals surface area contributed by atoms with Crippen molar-refractivity contribution >= 4 is 33.3 Å². The van der Waals surface area contributed by atoms with Crippen molar-refractivity contribution in [2.75, 3.05) is 18.8 Å². The molecule has 0 radical (unpaired) electrons. The van der Waals surface area contributed by atoms with Crippen molar-refractivity contribution in [1.29, 1.82) is 0 Å². The lowest BCUT2D eigenvalue weighted by molar-refractivity contribution is -0.128. The molecule has 1 amide bonds. The summed E-state index contributed by atoms with van der Waals surface area (Å²) in [5, 5.41) is 8.65. The maximum Gasteiger partial charge on any atom is 0.219 e. The molecule has 1 saturated heterocycles. The molecule has 3 aromatic heterocycles. The van der Waals surface area contributed by atoms with Gasteiger partial charge in [-0.3, -0.25) is 9.48 Å². The number of carbonyl (C=O) groups is 1. The fourth-order valence-corrected chi connectivity index (χ4v) is 4.28. The number of halogens is 1. The first-order valence-electron chi connectivity index (χ1n) is 9.03. The zero-order chi connectivity index (χ0) is 19.1. The van der Waals surface area contributed by atoms with Crippen LogP contribution in [0.15, 0.2) is 23.1 Å². The van der Waals surface area contributed by atoms with Gasteiger partial charge in [0.2, 0.25) is 5.91 Å². The normalized spacial score (nSPS) is 18.0. The molecule has 0 aromatic carbocycles. The Bertz CT molecular complexity index is 1010. The SMILES string of the molecule is CC(=O)N1CCCCC(c2nc3c(-c4cnn(C)c4)cnn3c(N)c2Br)C1. The van der Waals surface area contributed by atoms with Gasteiger partial charge in [0.25, 0.3) is 0 Å². The van der Waals surface area contributed by atoms with Crippen LogP contribution < -0.4 is 5.73 Å². The first kappa shape index (κ1) is 18.0. The molecule has 1 fully saturated rings. The Hall–Kier alpha value is -2.42. The van der Waals surface area contributed by atoms with E-state index in [9.17, 15) is 4.79 Å². The van der Waals surface area contributed by atoms with Gasteiger partial charge in [-0.2, -0.15) is 14.7 Å². The summed E-state index contributed by atoms with van der Waals surface area (Å²) >= 11 is 3.62. The molecule has 4 heterocycles. The monoisotopic (exact) mass is 431 g/mol. The third kappa shape index (κ3) is 3.20. The minimum absolute atomic E-state index is 0.104. The highest BCUT2D eigenvalue weighted by Gasteiger charge is 2.27. The van der Waals surface area contributed by atoms with Gasteiger partial charge in [0.15, 0.2) is 5.65 Å². The minimum atomic E-state index is 0.104. The number of rotatable bonds is 2. The molecule has 0 saturated carbocycles. The summed E-state index contributed by atoms with van der Waals surface area (Å²) in [4.78, 5) is 18.8. The number of aromatic nitrogens is 5. The van der Waals surface area contributed by atoms with Crippen LogP contribution in [0.2, 0.25) is 0 Å².